The molecule has 3 fully saturated rings. The van der Waals surface area contributed by atoms with Crippen molar-refractivity contribution in [1.82, 2.24) is 0 Å². The Morgan fingerprint density at radius 1 is 0.952 bits per heavy atom. The number of hydrogen-bond acceptors (Lipinski definition) is 2. The molecule has 0 unspecified atom stereocenters. The van der Waals surface area contributed by atoms with Crippen molar-refractivity contribution in [1.29, 1.82) is 0 Å². The molecule has 2 nitrogen and oxygen atoms in total. The van der Waals surface area contributed by atoms with E-state index in [1.807, 2.05) is 13.8 Å². The Kier molecular flexibility index (Phi) is 4.60. The summed E-state index contributed by atoms with van der Waals surface area (Å²) in [7, 11) is 0. The van der Waals surface area contributed by atoms with Gasteiger partial charge in [0.15, 0.2) is 0 Å². The van der Waals surface area contributed by atoms with Crippen LogP contribution in [0.5, 0.6) is 0 Å². The van der Waals surface area contributed by atoms with E-state index in [1.54, 1.807) is 0 Å². The molecule has 0 aromatic rings. The lowest BCUT2D eigenvalue weighted by molar-refractivity contribution is -0.394. The Morgan fingerprint density at radius 2 is 1.57 bits per heavy atom. The average Bonchev–Trinajstić information content (AvgIpc) is 2.50. The number of halogens is 4. The minimum Gasteiger partial charge on any atom is -0.368 e. The van der Waals surface area contributed by atoms with E-state index < -0.39 is 23.2 Å². The molecule has 0 N–H and O–H groups in total. The Balaban J connectivity index is 2.30. The van der Waals surface area contributed by atoms with Crippen LogP contribution in [0.15, 0.2) is 0 Å². The molecule has 6 heteroatoms. The molecule has 2 aliphatic heterocycles. The summed E-state index contributed by atoms with van der Waals surface area (Å²) in [6, 6.07) is 0. The van der Waals surface area contributed by atoms with Crippen molar-refractivity contribution in [2.45, 2.75) is 88.4 Å². The Bertz CT molecular complexity index is 363. The second-order valence-corrected chi connectivity index (χ2v) is 6.32. The van der Waals surface area contributed by atoms with Crippen LogP contribution in [-0.2, 0) is 9.47 Å². The zero-order chi connectivity index (χ0) is 15.8. The van der Waals surface area contributed by atoms with E-state index in [9.17, 15) is 17.6 Å². The SMILES string of the molecule is CCCCOC12CCC(CCC)(CC1)OC(F)(F)C2(F)F. The standard InChI is InChI=1S/C15H24F4O2/c1-3-5-11-20-13-9-7-12(6-4-2,8-10-13)21-15(18,19)14(13,16)17/h3-11H2,1-2H3. The van der Waals surface area contributed by atoms with Gasteiger partial charge in [0, 0.05) is 6.61 Å². The van der Waals surface area contributed by atoms with Gasteiger partial charge in [-0.1, -0.05) is 26.7 Å². The Labute approximate surface area is 123 Å². The number of hydrogen-bond donors (Lipinski definition) is 0. The van der Waals surface area contributed by atoms with Crippen molar-refractivity contribution in [2.75, 3.05) is 6.61 Å². The predicted molar refractivity (Wildman–Crippen MR) is 70.7 cm³/mol. The van der Waals surface area contributed by atoms with Crippen LogP contribution in [0, 0.1) is 0 Å². The van der Waals surface area contributed by atoms with E-state index in [4.69, 9.17) is 9.47 Å². The number of unbranched alkanes of at least 4 members (excludes halogenated alkanes) is 1. The van der Waals surface area contributed by atoms with Crippen LogP contribution in [0.25, 0.3) is 0 Å². The fourth-order valence-electron chi connectivity index (χ4n) is 3.53. The number of ether oxygens (including phenoxy) is 2. The van der Waals surface area contributed by atoms with Gasteiger partial charge in [-0.25, -0.2) is 0 Å². The highest BCUT2D eigenvalue weighted by Gasteiger charge is 2.76. The third-order valence-corrected chi connectivity index (χ3v) is 4.83. The molecular formula is C15H24F4O2. The minimum atomic E-state index is -4.47. The van der Waals surface area contributed by atoms with Crippen molar-refractivity contribution in [2.24, 2.45) is 0 Å². The molecule has 0 radical (unpaired) electrons. The van der Waals surface area contributed by atoms with Crippen LogP contribution >= 0.6 is 0 Å². The van der Waals surface area contributed by atoms with Gasteiger partial charge in [-0.2, -0.15) is 17.6 Å². The topological polar surface area (TPSA) is 18.5 Å². The lowest BCUT2D eigenvalue weighted by atomic mass is 9.73. The summed E-state index contributed by atoms with van der Waals surface area (Å²) in [4.78, 5) is 0. The van der Waals surface area contributed by atoms with Crippen molar-refractivity contribution >= 4 is 0 Å². The lowest BCUT2D eigenvalue weighted by Crippen LogP contribution is -2.59. The van der Waals surface area contributed by atoms with Crippen LogP contribution in [0.2, 0.25) is 0 Å². The largest absolute Gasteiger partial charge is 0.422 e. The van der Waals surface area contributed by atoms with Crippen LogP contribution in [-0.4, -0.2) is 29.8 Å². The van der Waals surface area contributed by atoms with E-state index in [0.717, 1.165) is 6.42 Å². The maximum atomic E-state index is 14.4. The third-order valence-electron chi connectivity index (χ3n) is 4.83. The second kappa shape index (κ2) is 5.69. The summed E-state index contributed by atoms with van der Waals surface area (Å²) in [5.41, 5.74) is -3.21. The molecule has 0 aromatic heterocycles. The van der Waals surface area contributed by atoms with Crippen LogP contribution < -0.4 is 0 Å². The predicted octanol–water partition coefficient (Wildman–Crippen LogP) is 4.91. The molecule has 2 heterocycles. The molecule has 0 spiro atoms. The number of alkyl halides is 4. The fourth-order valence-corrected chi connectivity index (χ4v) is 3.53. The van der Waals surface area contributed by atoms with Gasteiger partial charge in [0.05, 0.1) is 5.60 Å². The Hall–Kier alpha value is -0.360. The van der Waals surface area contributed by atoms with Gasteiger partial charge < -0.3 is 9.47 Å². The number of rotatable bonds is 6. The van der Waals surface area contributed by atoms with Crippen molar-refractivity contribution < 1.29 is 27.0 Å². The maximum Gasteiger partial charge on any atom is 0.422 e. The third kappa shape index (κ3) is 2.69. The molecule has 0 atom stereocenters. The fraction of sp³-hybridized carbons (Fsp3) is 1.00. The summed E-state index contributed by atoms with van der Waals surface area (Å²) < 4.78 is 67.0. The van der Waals surface area contributed by atoms with Gasteiger partial charge in [0.25, 0.3) is 0 Å². The monoisotopic (exact) mass is 312 g/mol. The summed E-state index contributed by atoms with van der Waals surface area (Å²) >= 11 is 0. The first-order valence-electron chi connectivity index (χ1n) is 7.84. The number of fused-ring (bicyclic) bond motifs is 4. The smallest absolute Gasteiger partial charge is 0.368 e. The van der Waals surface area contributed by atoms with Crippen molar-refractivity contribution in [3.05, 3.63) is 0 Å². The van der Waals surface area contributed by atoms with Crippen molar-refractivity contribution in [3.8, 4) is 0 Å². The quantitative estimate of drug-likeness (QED) is 0.512. The first-order chi connectivity index (χ1) is 9.74. The van der Waals surface area contributed by atoms with Crippen LogP contribution in [0.4, 0.5) is 17.6 Å². The maximum absolute atomic E-state index is 14.4. The molecule has 124 valence electrons. The first-order valence-corrected chi connectivity index (χ1v) is 7.84. The van der Waals surface area contributed by atoms with Crippen molar-refractivity contribution in [3.63, 3.8) is 0 Å². The molecule has 3 aliphatic rings. The molecule has 3 rings (SSSR count). The highest BCUT2D eigenvalue weighted by atomic mass is 19.3. The zero-order valence-electron chi connectivity index (χ0n) is 12.7. The molecule has 0 aromatic carbocycles. The van der Waals surface area contributed by atoms with Gasteiger partial charge in [-0.05, 0) is 38.5 Å². The Morgan fingerprint density at radius 3 is 2.10 bits per heavy atom. The van der Waals surface area contributed by atoms with E-state index in [1.165, 1.54) is 0 Å². The van der Waals surface area contributed by atoms with Gasteiger partial charge in [0.2, 0.25) is 0 Å². The molecular weight excluding hydrogens is 288 g/mol. The second-order valence-electron chi connectivity index (χ2n) is 6.32. The average molecular weight is 312 g/mol. The molecule has 2 bridgehead atoms. The van der Waals surface area contributed by atoms with Gasteiger partial charge in [0.1, 0.15) is 5.60 Å². The molecule has 21 heavy (non-hydrogen) atoms. The van der Waals surface area contributed by atoms with Gasteiger partial charge in [-0.15, -0.1) is 0 Å². The normalized spacial score (nSPS) is 37.4. The molecule has 0 amide bonds. The van der Waals surface area contributed by atoms with E-state index in [-0.39, 0.29) is 32.3 Å². The summed E-state index contributed by atoms with van der Waals surface area (Å²) in [6.07, 6.45) is -1.83. The summed E-state index contributed by atoms with van der Waals surface area (Å²) in [5.74, 6) is -4.29. The molecule has 1 aliphatic carbocycles. The highest BCUT2D eigenvalue weighted by Crippen LogP contribution is 2.59. The van der Waals surface area contributed by atoms with Gasteiger partial charge >= 0.3 is 12.0 Å². The van der Waals surface area contributed by atoms with E-state index >= 15 is 0 Å². The van der Waals surface area contributed by atoms with Gasteiger partial charge in [-0.3, -0.25) is 0 Å². The van der Waals surface area contributed by atoms with E-state index in [2.05, 4.69) is 0 Å². The zero-order valence-corrected chi connectivity index (χ0v) is 12.7. The van der Waals surface area contributed by atoms with Crippen LogP contribution in [0.3, 0.4) is 0 Å². The first kappa shape index (κ1) is 17.0. The lowest BCUT2D eigenvalue weighted by Gasteiger charge is -2.42. The molecule has 1 saturated carbocycles. The van der Waals surface area contributed by atoms with E-state index in [0.29, 0.717) is 19.3 Å². The van der Waals surface area contributed by atoms with Crippen LogP contribution in [0.1, 0.15) is 65.2 Å². The summed E-state index contributed by atoms with van der Waals surface area (Å²) in [5, 5.41) is 0. The highest BCUT2D eigenvalue weighted by molar-refractivity contribution is 5.10. The summed E-state index contributed by atoms with van der Waals surface area (Å²) in [6.45, 7) is 3.83. The molecule has 2 saturated heterocycles. The minimum absolute atomic E-state index is 0.0701.